The number of aromatic nitrogens is 1. The summed E-state index contributed by atoms with van der Waals surface area (Å²) in [6.45, 7) is 1.99. The summed E-state index contributed by atoms with van der Waals surface area (Å²) in [6, 6.07) is 3.94. The highest BCUT2D eigenvalue weighted by Gasteiger charge is 2.27. The van der Waals surface area contributed by atoms with Gasteiger partial charge < -0.3 is 10.1 Å². The minimum absolute atomic E-state index is 0.263. The van der Waals surface area contributed by atoms with E-state index in [0.717, 1.165) is 34.6 Å². The molecular formula is C14H14ClNO2. The zero-order valence-electron chi connectivity index (χ0n) is 10.1. The highest BCUT2D eigenvalue weighted by molar-refractivity contribution is 6.32. The lowest BCUT2D eigenvalue weighted by Gasteiger charge is -2.18. The first kappa shape index (κ1) is 11.6. The number of rotatable bonds is 1. The van der Waals surface area contributed by atoms with Crippen molar-refractivity contribution in [3.63, 3.8) is 0 Å². The van der Waals surface area contributed by atoms with Crippen LogP contribution in [0, 0.1) is 12.8 Å². The average Bonchev–Trinajstić information content (AvgIpc) is 2.72. The number of aryl methyl sites for hydroxylation is 2. The van der Waals surface area contributed by atoms with E-state index in [1.54, 1.807) is 0 Å². The van der Waals surface area contributed by atoms with Gasteiger partial charge in [0.05, 0.1) is 11.4 Å². The number of benzene rings is 1. The van der Waals surface area contributed by atoms with Crippen LogP contribution in [0.2, 0.25) is 5.02 Å². The van der Waals surface area contributed by atoms with Gasteiger partial charge in [-0.1, -0.05) is 17.7 Å². The molecule has 1 aromatic carbocycles. The fourth-order valence-electron chi connectivity index (χ4n) is 2.83. The van der Waals surface area contributed by atoms with E-state index in [2.05, 4.69) is 4.98 Å². The molecular weight excluding hydrogens is 250 g/mol. The van der Waals surface area contributed by atoms with Crippen LogP contribution in [-0.4, -0.2) is 16.1 Å². The molecule has 1 heterocycles. The van der Waals surface area contributed by atoms with Gasteiger partial charge in [0.2, 0.25) is 0 Å². The van der Waals surface area contributed by atoms with Gasteiger partial charge in [0.25, 0.3) is 0 Å². The minimum atomic E-state index is -0.700. The van der Waals surface area contributed by atoms with Crippen LogP contribution in [0.5, 0.6) is 0 Å². The fourth-order valence-corrected chi connectivity index (χ4v) is 2.98. The predicted molar refractivity (Wildman–Crippen MR) is 71.2 cm³/mol. The number of halogens is 1. The Morgan fingerprint density at radius 3 is 3.00 bits per heavy atom. The molecule has 0 saturated heterocycles. The first-order chi connectivity index (χ1) is 8.58. The molecule has 94 valence electrons. The van der Waals surface area contributed by atoms with Gasteiger partial charge in [-0.25, -0.2) is 0 Å². The molecule has 1 unspecified atom stereocenters. The van der Waals surface area contributed by atoms with Crippen LogP contribution in [0.3, 0.4) is 0 Å². The van der Waals surface area contributed by atoms with Crippen LogP contribution in [0.4, 0.5) is 0 Å². The van der Waals surface area contributed by atoms with Gasteiger partial charge >= 0.3 is 5.97 Å². The van der Waals surface area contributed by atoms with Crippen molar-refractivity contribution in [3.05, 3.63) is 34.0 Å². The number of carboxylic acid groups (broad SMARTS) is 1. The Balaban J connectivity index is 2.15. The van der Waals surface area contributed by atoms with Gasteiger partial charge in [-0.05, 0) is 37.0 Å². The molecule has 0 radical (unpaired) electrons. The second-order valence-electron chi connectivity index (χ2n) is 4.96. The second kappa shape index (κ2) is 4.02. The smallest absolute Gasteiger partial charge is 0.306 e. The van der Waals surface area contributed by atoms with Gasteiger partial charge in [-0.15, -0.1) is 0 Å². The van der Waals surface area contributed by atoms with E-state index in [9.17, 15) is 4.79 Å². The first-order valence-corrected chi connectivity index (χ1v) is 6.47. The number of nitrogens with one attached hydrogen (secondary N) is 1. The number of H-pyrrole nitrogens is 1. The van der Waals surface area contributed by atoms with Gasteiger partial charge in [0.15, 0.2) is 0 Å². The zero-order valence-corrected chi connectivity index (χ0v) is 10.8. The third kappa shape index (κ3) is 1.62. The molecule has 2 N–H and O–H groups in total. The van der Waals surface area contributed by atoms with E-state index >= 15 is 0 Å². The minimum Gasteiger partial charge on any atom is -0.481 e. The monoisotopic (exact) mass is 263 g/mol. The van der Waals surface area contributed by atoms with Crippen molar-refractivity contribution in [1.82, 2.24) is 4.98 Å². The van der Waals surface area contributed by atoms with Crippen LogP contribution in [0.1, 0.15) is 23.2 Å². The number of hydrogen-bond donors (Lipinski definition) is 2. The molecule has 0 fully saturated rings. The van der Waals surface area contributed by atoms with Crippen molar-refractivity contribution in [2.24, 2.45) is 5.92 Å². The van der Waals surface area contributed by atoms with Crippen LogP contribution in [0.15, 0.2) is 12.1 Å². The van der Waals surface area contributed by atoms with E-state index in [4.69, 9.17) is 16.7 Å². The number of aliphatic carboxylic acids is 1. The number of carboxylic acids is 1. The Labute approximate surface area is 110 Å². The lowest BCUT2D eigenvalue weighted by molar-refractivity contribution is -0.142. The van der Waals surface area contributed by atoms with E-state index in [1.807, 2.05) is 19.1 Å². The maximum absolute atomic E-state index is 11.1. The van der Waals surface area contributed by atoms with Gasteiger partial charge in [-0.3, -0.25) is 4.79 Å². The summed E-state index contributed by atoms with van der Waals surface area (Å²) < 4.78 is 0. The van der Waals surface area contributed by atoms with Crippen molar-refractivity contribution in [2.45, 2.75) is 26.2 Å². The van der Waals surface area contributed by atoms with E-state index in [-0.39, 0.29) is 5.92 Å². The highest BCUT2D eigenvalue weighted by atomic mass is 35.5. The summed E-state index contributed by atoms with van der Waals surface area (Å²) in [5.74, 6) is -0.963. The molecule has 3 nitrogen and oxygen atoms in total. The molecule has 18 heavy (non-hydrogen) atoms. The molecule has 0 spiro atoms. The number of carbonyl (C=O) groups is 1. The SMILES string of the molecule is Cc1c(Cl)ccc2c3c([nH]c12)CC(C(=O)O)CC3. The van der Waals surface area contributed by atoms with E-state index in [0.29, 0.717) is 6.42 Å². The van der Waals surface area contributed by atoms with Crippen LogP contribution >= 0.6 is 11.6 Å². The summed E-state index contributed by atoms with van der Waals surface area (Å²) in [7, 11) is 0. The van der Waals surface area contributed by atoms with E-state index < -0.39 is 5.97 Å². The van der Waals surface area contributed by atoms with Crippen molar-refractivity contribution >= 4 is 28.5 Å². The predicted octanol–water partition coefficient (Wildman–Crippen LogP) is 3.32. The lowest BCUT2D eigenvalue weighted by Crippen LogP contribution is -2.21. The molecule has 0 aliphatic heterocycles. The van der Waals surface area contributed by atoms with Crippen molar-refractivity contribution in [2.75, 3.05) is 0 Å². The number of hydrogen-bond acceptors (Lipinski definition) is 1. The third-order valence-corrected chi connectivity index (χ3v) is 4.32. The van der Waals surface area contributed by atoms with Gasteiger partial charge in [0, 0.05) is 22.5 Å². The molecule has 0 bridgehead atoms. The summed E-state index contributed by atoms with van der Waals surface area (Å²) >= 11 is 6.12. The Kier molecular flexibility index (Phi) is 2.59. The molecule has 2 aromatic rings. The Bertz CT molecular complexity index is 645. The van der Waals surface area contributed by atoms with Crippen LogP contribution in [0.25, 0.3) is 10.9 Å². The Hall–Kier alpha value is -1.48. The van der Waals surface area contributed by atoms with Crippen molar-refractivity contribution < 1.29 is 9.90 Å². The van der Waals surface area contributed by atoms with Crippen LogP contribution < -0.4 is 0 Å². The van der Waals surface area contributed by atoms with Gasteiger partial charge in [-0.2, -0.15) is 0 Å². The molecule has 4 heteroatoms. The van der Waals surface area contributed by atoms with Crippen molar-refractivity contribution in [1.29, 1.82) is 0 Å². The third-order valence-electron chi connectivity index (χ3n) is 3.91. The normalized spacial score (nSPS) is 18.9. The topological polar surface area (TPSA) is 53.1 Å². The Morgan fingerprint density at radius 2 is 2.28 bits per heavy atom. The first-order valence-electron chi connectivity index (χ1n) is 6.09. The highest BCUT2D eigenvalue weighted by Crippen LogP contribution is 2.34. The molecule has 0 saturated carbocycles. The van der Waals surface area contributed by atoms with Crippen molar-refractivity contribution in [3.8, 4) is 0 Å². The average molecular weight is 264 g/mol. The number of fused-ring (bicyclic) bond motifs is 3. The van der Waals surface area contributed by atoms with E-state index in [1.165, 1.54) is 10.9 Å². The molecule has 1 aliphatic rings. The molecule has 1 atom stereocenters. The van der Waals surface area contributed by atoms with Crippen LogP contribution in [-0.2, 0) is 17.6 Å². The second-order valence-corrected chi connectivity index (χ2v) is 5.36. The quantitative estimate of drug-likeness (QED) is 0.829. The largest absolute Gasteiger partial charge is 0.481 e. The summed E-state index contributed by atoms with van der Waals surface area (Å²) in [5.41, 5.74) is 4.42. The number of aromatic amines is 1. The molecule has 1 aliphatic carbocycles. The lowest BCUT2D eigenvalue weighted by atomic mass is 9.87. The standard InChI is InChI=1S/C14H14ClNO2/c1-7-11(15)5-4-10-9-3-2-8(14(17)18)6-12(9)16-13(7)10/h4-5,8,16H,2-3,6H2,1H3,(H,17,18). The summed E-state index contributed by atoms with van der Waals surface area (Å²) in [5, 5.41) is 11.0. The molecule has 0 amide bonds. The fraction of sp³-hybridized carbons (Fsp3) is 0.357. The Morgan fingerprint density at radius 1 is 1.50 bits per heavy atom. The summed E-state index contributed by atoms with van der Waals surface area (Å²) in [6.07, 6.45) is 2.14. The maximum atomic E-state index is 11.1. The summed E-state index contributed by atoms with van der Waals surface area (Å²) in [4.78, 5) is 14.4. The molecule has 3 rings (SSSR count). The maximum Gasteiger partial charge on any atom is 0.306 e. The zero-order chi connectivity index (χ0) is 12.9. The van der Waals surface area contributed by atoms with Gasteiger partial charge in [0.1, 0.15) is 0 Å². The molecule has 1 aromatic heterocycles.